The molecule has 2 aromatic rings. The highest BCUT2D eigenvalue weighted by atomic mass is 32.2. The van der Waals surface area contributed by atoms with Crippen molar-refractivity contribution in [2.75, 3.05) is 5.73 Å². The maximum Gasteiger partial charge on any atom is 0.0874 e. The van der Waals surface area contributed by atoms with Gasteiger partial charge in [0.2, 0.25) is 0 Å². The van der Waals surface area contributed by atoms with Crippen LogP contribution < -0.4 is 5.73 Å². The molecular weight excluding hydrogens is 224 g/mol. The summed E-state index contributed by atoms with van der Waals surface area (Å²) in [4.78, 5) is 0. The standard InChI is InChI=1S/C11H12N2S2/c12-10-6-11(13(14)7-10)15-8-9-4-2-1-3-5-9/h1-7,14H,8,12H2. The first-order valence-electron chi connectivity index (χ1n) is 4.59. The van der Waals surface area contributed by atoms with Gasteiger partial charge in [-0.2, -0.15) is 0 Å². The van der Waals surface area contributed by atoms with Gasteiger partial charge in [-0.25, -0.2) is 0 Å². The number of rotatable bonds is 3. The molecule has 2 N–H and O–H groups in total. The van der Waals surface area contributed by atoms with E-state index in [1.807, 2.05) is 24.3 Å². The fourth-order valence-corrected chi connectivity index (χ4v) is 2.57. The lowest BCUT2D eigenvalue weighted by atomic mass is 10.2. The van der Waals surface area contributed by atoms with Crippen LogP contribution in [-0.4, -0.2) is 3.97 Å². The molecule has 0 radical (unpaired) electrons. The van der Waals surface area contributed by atoms with Crippen molar-refractivity contribution in [1.29, 1.82) is 0 Å². The molecule has 0 spiro atoms. The summed E-state index contributed by atoms with van der Waals surface area (Å²) in [6.07, 6.45) is 1.80. The van der Waals surface area contributed by atoms with Gasteiger partial charge in [0.1, 0.15) is 0 Å². The maximum absolute atomic E-state index is 5.67. The minimum atomic E-state index is 0.751. The Morgan fingerprint density at radius 3 is 2.60 bits per heavy atom. The van der Waals surface area contributed by atoms with Crippen molar-refractivity contribution in [1.82, 2.24) is 3.97 Å². The fraction of sp³-hybridized carbons (Fsp3) is 0.0909. The number of aromatic nitrogens is 1. The van der Waals surface area contributed by atoms with Crippen molar-refractivity contribution in [3.8, 4) is 0 Å². The average molecular weight is 236 g/mol. The van der Waals surface area contributed by atoms with E-state index in [1.54, 1.807) is 21.9 Å². The van der Waals surface area contributed by atoms with Crippen LogP contribution in [0.2, 0.25) is 0 Å². The van der Waals surface area contributed by atoms with Gasteiger partial charge in [-0.3, -0.25) is 3.97 Å². The molecule has 15 heavy (non-hydrogen) atoms. The average Bonchev–Trinajstić information content (AvgIpc) is 2.56. The summed E-state index contributed by atoms with van der Waals surface area (Å²) in [5.74, 6) is 0.935. The Morgan fingerprint density at radius 2 is 2.00 bits per heavy atom. The summed E-state index contributed by atoms with van der Waals surface area (Å²) in [6, 6.07) is 12.3. The molecule has 78 valence electrons. The van der Waals surface area contributed by atoms with Crippen molar-refractivity contribution < 1.29 is 0 Å². The Balaban J connectivity index is 2.02. The third kappa shape index (κ3) is 2.73. The van der Waals surface area contributed by atoms with Gasteiger partial charge in [0, 0.05) is 11.9 Å². The number of nitrogens with zero attached hydrogens (tertiary/aromatic N) is 1. The highest BCUT2D eigenvalue weighted by Gasteiger charge is 2.02. The van der Waals surface area contributed by atoms with Crippen LogP contribution in [0.5, 0.6) is 0 Å². The summed E-state index contributed by atoms with van der Waals surface area (Å²) in [7, 11) is 0. The van der Waals surface area contributed by atoms with Gasteiger partial charge in [-0.15, -0.1) is 11.8 Å². The molecule has 0 aliphatic carbocycles. The van der Waals surface area contributed by atoms with Gasteiger partial charge in [-0.1, -0.05) is 43.1 Å². The number of nitrogen functional groups attached to an aromatic ring is 1. The minimum absolute atomic E-state index is 0.751. The maximum atomic E-state index is 5.67. The second-order valence-electron chi connectivity index (χ2n) is 3.23. The van der Waals surface area contributed by atoms with Gasteiger partial charge in [0.05, 0.1) is 10.7 Å². The number of thioether (sulfide) groups is 1. The smallest absolute Gasteiger partial charge is 0.0874 e. The van der Waals surface area contributed by atoms with E-state index in [0.717, 1.165) is 16.5 Å². The summed E-state index contributed by atoms with van der Waals surface area (Å²) in [5.41, 5.74) is 7.72. The van der Waals surface area contributed by atoms with E-state index in [9.17, 15) is 0 Å². The predicted octanol–water partition coefficient (Wildman–Crippen LogP) is 3.06. The van der Waals surface area contributed by atoms with Crippen molar-refractivity contribution in [2.45, 2.75) is 10.8 Å². The van der Waals surface area contributed by atoms with Crippen LogP contribution in [0, 0.1) is 0 Å². The van der Waals surface area contributed by atoms with E-state index in [-0.39, 0.29) is 0 Å². The number of hydrogen-bond donors (Lipinski definition) is 2. The number of anilines is 1. The summed E-state index contributed by atoms with van der Waals surface area (Å²) >= 11 is 6.01. The molecule has 2 nitrogen and oxygen atoms in total. The van der Waals surface area contributed by atoms with Crippen LogP contribution in [0.1, 0.15) is 5.56 Å². The molecule has 0 bridgehead atoms. The van der Waals surface area contributed by atoms with E-state index >= 15 is 0 Å². The summed E-state index contributed by atoms with van der Waals surface area (Å²) in [6.45, 7) is 0. The van der Waals surface area contributed by atoms with Gasteiger partial charge >= 0.3 is 0 Å². The number of hydrogen-bond acceptors (Lipinski definition) is 3. The van der Waals surface area contributed by atoms with Gasteiger partial charge in [0.15, 0.2) is 0 Å². The molecule has 0 aliphatic rings. The molecule has 1 aromatic carbocycles. The van der Waals surface area contributed by atoms with Crippen LogP contribution >= 0.6 is 24.6 Å². The SMILES string of the molecule is Nc1cc(SCc2ccccc2)n(S)c1. The van der Waals surface area contributed by atoms with E-state index in [0.29, 0.717) is 0 Å². The summed E-state index contributed by atoms with van der Waals surface area (Å²) < 4.78 is 1.75. The molecule has 4 heteroatoms. The zero-order valence-corrected chi connectivity index (χ0v) is 9.84. The van der Waals surface area contributed by atoms with Crippen molar-refractivity contribution in [2.24, 2.45) is 0 Å². The number of nitrogens with two attached hydrogens (primary N) is 1. The fourth-order valence-electron chi connectivity index (χ4n) is 1.29. The molecule has 1 aromatic heterocycles. The topological polar surface area (TPSA) is 30.9 Å². The molecule has 0 aliphatic heterocycles. The van der Waals surface area contributed by atoms with Crippen LogP contribution in [-0.2, 0) is 5.75 Å². The monoisotopic (exact) mass is 236 g/mol. The minimum Gasteiger partial charge on any atom is -0.397 e. The quantitative estimate of drug-likeness (QED) is 0.634. The highest BCUT2D eigenvalue weighted by molar-refractivity contribution is 7.98. The first-order chi connectivity index (χ1) is 7.25. The van der Waals surface area contributed by atoms with E-state index in [1.165, 1.54) is 5.56 Å². The van der Waals surface area contributed by atoms with Crippen LogP contribution in [0.4, 0.5) is 5.69 Å². The molecule has 2 rings (SSSR count). The van der Waals surface area contributed by atoms with Crippen LogP contribution in [0.25, 0.3) is 0 Å². The van der Waals surface area contributed by atoms with Gasteiger partial charge in [-0.05, 0) is 11.6 Å². The Hall–Kier alpha value is -1.00. The van der Waals surface area contributed by atoms with Crippen molar-refractivity contribution in [3.05, 3.63) is 48.2 Å². The molecule has 0 amide bonds. The molecule has 0 atom stereocenters. The Kier molecular flexibility index (Phi) is 3.28. The molecule has 0 unspecified atom stereocenters. The van der Waals surface area contributed by atoms with Crippen molar-refractivity contribution >= 4 is 30.3 Å². The van der Waals surface area contributed by atoms with Crippen LogP contribution in [0.3, 0.4) is 0 Å². The third-order valence-electron chi connectivity index (χ3n) is 2.02. The molecule has 0 saturated carbocycles. The lowest BCUT2D eigenvalue weighted by Crippen LogP contribution is -1.82. The van der Waals surface area contributed by atoms with E-state index in [4.69, 9.17) is 5.73 Å². The van der Waals surface area contributed by atoms with Gasteiger partial charge in [0.25, 0.3) is 0 Å². The largest absolute Gasteiger partial charge is 0.397 e. The first kappa shape index (κ1) is 10.5. The van der Waals surface area contributed by atoms with Crippen molar-refractivity contribution in [3.63, 3.8) is 0 Å². The zero-order chi connectivity index (χ0) is 10.7. The second kappa shape index (κ2) is 4.68. The molecule has 1 heterocycles. The van der Waals surface area contributed by atoms with Gasteiger partial charge < -0.3 is 5.73 Å². The van der Waals surface area contributed by atoms with Crippen LogP contribution in [0.15, 0.2) is 47.6 Å². The third-order valence-corrected chi connectivity index (χ3v) is 3.57. The Labute approximate surface area is 99.0 Å². The number of thiol groups is 1. The Morgan fingerprint density at radius 1 is 1.27 bits per heavy atom. The Bertz CT molecular complexity index is 437. The first-order valence-corrected chi connectivity index (χ1v) is 5.98. The molecule has 0 fully saturated rings. The molecule has 0 saturated heterocycles. The highest BCUT2D eigenvalue weighted by Crippen LogP contribution is 2.26. The second-order valence-corrected chi connectivity index (χ2v) is 4.66. The lowest BCUT2D eigenvalue weighted by Gasteiger charge is -2.01. The van der Waals surface area contributed by atoms with E-state index < -0.39 is 0 Å². The predicted molar refractivity (Wildman–Crippen MR) is 69.2 cm³/mol. The summed E-state index contributed by atoms with van der Waals surface area (Å²) in [5, 5.41) is 1.07. The lowest BCUT2D eigenvalue weighted by molar-refractivity contribution is 1.12. The molecular formula is C11H12N2S2. The normalized spacial score (nSPS) is 10.5. The van der Waals surface area contributed by atoms with E-state index in [2.05, 4.69) is 24.9 Å². The number of benzene rings is 1. The zero-order valence-electron chi connectivity index (χ0n) is 8.13.